The summed E-state index contributed by atoms with van der Waals surface area (Å²) in [6.07, 6.45) is 0. The van der Waals surface area contributed by atoms with Crippen molar-refractivity contribution in [1.29, 1.82) is 0 Å². The van der Waals surface area contributed by atoms with E-state index in [1.54, 1.807) is 5.92 Å². The fourth-order valence-corrected chi connectivity index (χ4v) is 0.230. The summed E-state index contributed by atoms with van der Waals surface area (Å²) in [6.45, 7) is -5.12. The van der Waals surface area contributed by atoms with E-state index in [0.717, 1.165) is 5.82 Å². The number of hydrogen-bond donors (Lipinski definition) is 0. The zero-order chi connectivity index (χ0) is 7.33. The van der Waals surface area contributed by atoms with Gasteiger partial charge in [0.15, 0.2) is 0 Å². The van der Waals surface area contributed by atoms with E-state index in [4.69, 9.17) is 0 Å². The molecule has 0 aliphatic heterocycles. The zero-order valence-corrected chi connectivity index (χ0v) is 4.83. The molecule has 0 saturated carbocycles. The van der Waals surface area contributed by atoms with Gasteiger partial charge in [0.2, 0.25) is 0 Å². The average molecular weight is 137 g/mol. The number of halogens is 3. The first-order valence-corrected chi connectivity index (χ1v) is 2.24. The van der Waals surface area contributed by atoms with Crippen LogP contribution in [0.1, 0.15) is 0 Å². The Hall–Kier alpha value is -0.625. The van der Waals surface area contributed by atoms with Crippen molar-refractivity contribution in [3.05, 3.63) is 0 Å². The minimum absolute atomic E-state index is 0.165. The molecule has 9 heavy (non-hydrogen) atoms. The Morgan fingerprint density at radius 3 is 2.33 bits per heavy atom. The van der Waals surface area contributed by atoms with Crippen LogP contribution in [0.25, 0.3) is 0 Å². The molecular formula is C4H5BF3O-. The monoisotopic (exact) mass is 137 g/mol. The largest absolute Gasteiger partial charge is 0.557 e. The van der Waals surface area contributed by atoms with Crippen molar-refractivity contribution >= 4 is 6.98 Å². The summed E-state index contributed by atoms with van der Waals surface area (Å²) in [5.74, 6) is 2.92. The predicted molar refractivity (Wildman–Crippen MR) is 28.7 cm³/mol. The molecule has 0 amide bonds. The second-order valence-corrected chi connectivity index (χ2v) is 1.33. The second kappa shape index (κ2) is 3.41. The fourth-order valence-electron chi connectivity index (χ4n) is 0.230. The molecule has 0 aromatic heterocycles. The standard InChI is InChI=1S/C4H5BF3O/c1-9-4-2-3-5(6,7)8/h4H2,1H3/q-1. The van der Waals surface area contributed by atoms with Gasteiger partial charge in [-0.15, -0.1) is 5.92 Å². The van der Waals surface area contributed by atoms with E-state index in [-0.39, 0.29) is 6.61 Å². The molecule has 5 heteroatoms. The van der Waals surface area contributed by atoms with Crippen LogP contribution in [0.4, 0.5) is 12.9 Å². The summed E-state index contributed by atoms with van der Waals surface area (Å²) in [4.78, 5) is 0. The molecule has 0 atom stereocenters. The van der Waals surface area contributed by atoms with Crippen LogP contribution in [0.3, 0.4) is 0 Å². The van der Waals surface area contributed by atoms with Gasteiger partial charge in [-0.3, -0.25) is 0 Å². The minimum atomic E-state index is -4.95. The molecule has 1 nitrogen and oxygen atoms in total. The number of rotatable bonds is 1. The van der Waals surface area contributed by atoms with E-state index in [9.17, 15) is 12.9 Å². The maximum absolute atomic E-state index is 11.2. The molecule has 52 valence electrons. The summed E-state index contributed by atoms with van der Waals surface area (Å²) in [6, 6.07) is 0. The third-order valence-corrected chi connectivity index (χ3v) is 0.482. The van der Waals surface area contributed by atoms with Gasteiger partial charge in [0.1, 0.15) is 6.61 Å². The normalized spacial score (nSPS) is 10.2. The SMILES string of the molecule is COCC#C[B-](F)(F)F. The first-order chi connectivity index (χ1) is 4.06. The van der Waals surface area contributed by atoms with Crippen LogP contribution < -0.4 is 0 Å². The molecule has 0 unspecified atom stereocenters. The number of ether oxygens (including phenoxy) is 1. The summed E-state index contributed by atoms with van der Waals surface area (Å²) < 4.78 is 37.9. The topological polar surface area (TPSA) is 9.23 Å². The maximum Gasteiger partial charge on any atom is 0.557 e. The molecule has 0 N–H and O–H groups in total. The van der Waals surface area contributed by atoms with Gasteiger partial charge in [-0.05, 0) is 0 Å². The first-order valence-electron chi connectivity index (χ1n) is 2.24. The smallest absolute Gasteiger partial charge is 0.438 e. The zero-order valence-electron chi connectivity index (χ0n) is 4.83. The Bertz CT molecular complexity index is 131. The van der Waals surface area contributed by atoms with Gasteiger partial charge in [0.05, 0.1) is 0 Å². The van der Waals surface area contributed by atoms with E-state index in [1.165, 1.54) is 7.11 Å². The Labute approximate surface area is 51.2 Å². The lowest BCUT2D eigenvalue weighted by molar-refractivity contribution is 0.239. The molecule has 0 aliphatic rings. The quantitative estimate of drug-likeness (QED) is 0.387. The molecule has 0 spiro atoms. The molecule has 0 aliphatic carbocycles. The highest BCUT2D eigenvalue weighted by atomic mass is 19.4. The van der Waals surface area contributed by atoms with Gasteiger partial charge in [0, 0.05) is 7.11 Å². The molecule has 0 rings (SSSR count). The van der Waals surface area contributed by atoms with Gasteiger partial charge in [-0.25, -0.2) is 5.82 Å². The Morgan fingerprint density at radius 1 is 1.44 bits per heavy atom. The van der Waals surface area contributed by atoms with Gasteiger partial charge in [0.25, 0.3) is 0 Å². The van der Waals surface area contributed by atoms with E-state index in [2.05, 4.69) is 4.74 Å². The van der Waals surface area contributed by atoms with E-state index in [0.29, 0.717) is 0 Å². The van der Waals surface area contributed by atoms with Crippen LogP contribution in [-0.4, -0.2) is 20.7 Å². The Balaban J connectivity index is 3.59. The molecule has 0 bridgehead atoms. The molecule has 0 fully saturated rings. The minimum Gasteiger partial charge on any atom is -0.438 e. The lowest BCUT2D eigenvalue weighted by Gasteiger charge is -2.01. The van der Waals surface area contributed by atoms with Crippen LogP contribution in [0.2, 0.25) is 0 Å². The Kier molecular flexibility index (Phi) is 3.17. The van der Waals surface area contributed by atoms with Gasteiger partial charge in [-0.1, -0.05) is 0 Å². The third-order valence-electron chi connectivity index (χ3n) is 0.482. The van der Waals surface area contributed by atoms with E-state index < -0.39 is 6.98 Å². The third kappa shape index (κ3) is 7.37. The van der Waals surface area contributed by atoms with Gasteiger partial charge in [-0.2, -0.15) is 0 Å². The van der Waals surface area contributed by atoms with Crippen molar-refractivity contribution in [2.24, 2.45) is 0 Å². The van der Waals surface area contributed by atoms with Crippen molar-refractivity contribution in [3.8, 4) is 11.7 Å². The van der Waals surface area contributed by atoms with Crippen molar-refractivity contribution in [1.82, 2.24) is 0 Å². The highest BCUT2D eigenvalue weighted by Gasteiger charge is 2.17. The van der Waals surface area contributed by atoms with E-state index in [1.807, 2.05) is 0 Å². The molecular weight excluding hydrogens is 132 g/mol. The van der Waals surface area contributed by atoms with Gasteiger partial charge < -0.3 is 17.7 Å². The van der Waals surface area contributed by atoms with Crippen LogP contribution in [0, 0.1) is 11.7 Å². The molecule has 0 radical (unpaired) electrons. The summed E-state index contributed by atoms with van der Waals surface area (Å²) in [5, 5.41) is 0. The van der Waals surface area contributed by atoms with Crippen molar-refractivity contribution in [3.63, 3.8) is 0 Å². The number of methoxy groups -OCH3 is 1. The maximum atomic E-state index is 11.2. The summed E-state index contributed by atoms with van der Waals surface area (Å²) in [5.41, 5.74) is 0. The number of hydrogen-bond acceptors (Lipinski definition) is 1. The molecule has 0 heterocycles. The Morgan fingerprint density at radius 2 is 2.00 bits per heavy atom. The van der Waals surface area contributed by atoms with Crippen molar-refractivity contribution in [2.45, 2.75) is 0 Å². The van der Waals surface area contributed by atoms with Crippen molar-refractivity contribution in [2.75, 3.05) is 13.7 Å². The molecule has 0 aromatic rings. The van der Waals surface area contributed by atoms with Crippen LogP contribution >= 0.6 is 0 Å². The lowest BCUT2D eigenvalue weighted by atomic mass is 9.94. The lowest BCUT2D eigenvalue weighted by Crippen LogP contribution is -2.11. The van der Waals surface area contributed by atoms with Crippen molar-refractivity contribution < 1.29 is 17.7 Å². The van der Waals surface area contributed by atoms with Crippen LogP contribution in [-0.2, 0) is 4.74 Å². The highest BCUT2D eigenvalue weighted by molar-refractivity contribution is 6.67. The summed E-state index contributed by atoms with van der Waals surface area (Å²) >= 11 is 0. The fraction of sp³-hybridized carbons (Fsp3) is 0.500. The second-order valence-electron chi connectivity index (χ2n) is 1.33. The first kappa shape index (κ1) is 8.37. The molecule has 0 aromatic carbocycles. The molecule has 0 saturated heterocycles. The van der Waals surface area contributed by atoms with E-state index >= 15 is 0 Å². The van der Waals surface area contributed by atoms with Crippen LogP contribution in [0.15, 0.2) is 0 Å². The predicted octanol–water partition coefficient (Wildman–Crippen LogP) is 1.02. The van der Waals surface area contributed by atoms with Gasteiger partial charge >= 0.3 is 6.98 Å². The highest BCUT2D eigenvalue weighted by Crippen LogP contribution is 2.04. The van der Waals surface area contributed by atoms with Crippen LogP contribution in [0.5, 0.6) is 0 Å². The summed E-state index contributed by atoms with van der Waals surface area (Å²) in [7, 11) is 1.29. The average Bonchev–Trinajstić information content (AvgIpc) is 1.63.